The first kappa shape index (κ1) is 14.6. The fourth-order valence-electron chi connectivity index (χ4n) is 1.49. The van der Waals surface area contributed by atoms with Gasteiger partial charge in [-0.3, -0.25) is 0 Å². The van der Waals surface area contributed by atoms with Crippen molar-refractivity contribution in [1.82, 2.24) is 10.6 Å². The second kappa shape index (κ2) is 7.09. The highest BCUT2D eigenvalue weighted by atomic mass is 79.9. The van der Waals surface area contributed by atoms with Gasteiger partial charge in [-0.1, -0.05) is 29.8 Å². The van der Waals surface area contributed by atoms with Crippen molar-refractivity contribution < 1.29 is 4.39 Å². The highest BCUT2D eigenvalue weighted by molar-refractivity contribution is 9.10. The molecule has 0 fully saturated rings. The molecule has 0 aliphatic rings. The summed E-state index contributed by atoms with van der Waals surface area (Å²) in [5.41, 5.74) is 0.952. The van der Waals surface area contributed by atoms with Crippen molar-refractivity contribution in [3.8, 4) is 0 Å². The van der Waals surface area contributed by atoms with Crippen molar-refractivity contribution in [1.29, 1.82) is 0 Å². The van der Waals surface area contributed by atoms with Gasteiger partial charge in [-0.05, 0) is 30.7 Å². The molecule has 0 aliphatic carbocycles. The zero-order chi connectivity index (χ0) is 12.8. The zero-order valence-electron chi connectivity index (χ0n) is 10.6. The van der Waals surface area contributed by atoms with Gasteiger partial charge in [0.05, 0.1) is 0 Å². The van der Waals surface area contributed by atoms with Gasteiger partial charge in [-0.15, -0.1) is 0 Å². The lowest BCUT2D eigenvalue weighted by atomic mass is 10.2. The highest BCUT2D eigenvalue weighted by Gasteiger charge is 2.04. The number of rotatable bonds is 6. The Morgan fingerprint density at radius 2 is 1.88 bits per heavy atom. The summed E-state index contributed by atoms with van der Waals surface area (Å²) in [6.07, 6.45) is 0. The fourth-order valence-corrected chi connectivity index (χ4v) is 2.00. The van der Waals surface area contributed by atoms with E-state index in [1.807, 2.05) is 6.07 Å². The molecule has 1 atom stereocenters. The van der Waals surface area contributed by atoms with Gasteiger partial charge in [-0.25, -0.2) is 4.39 Å². The molecular weight excluding hydrogens is 283 g/mol. The van der Waals surface area contributed by atoms with Crippen LogP contribution in [-0.2, 0) is 6.54 Å². The average molecular weight is 303 g/mol. The Kier molecular flexibility index (Phi) is 6.09. The molecule has 0 amide bonds. The van der Waals surface area contributed by atoms with Gasteiger partial charge in [0.1, 0.15) is 5.82 Å². The monoisotopic (exact) mass is 302 g/mol. The van der Waals surface area contributed by atoms with Crippen molar-refractivity contribution >= 4 is 15.9 Å². The van der Waals surface area contributed by atoms with Crippen LogP contribution in [0.3, 0.4) is 0 Å². The number of hydrogen-bond acceptors (Lipinski definition) is 2. The Hall–Kier alpha value is -0.450. The van der Waals surface area contributed by atoms with Crippen LogP contribution >= 0.6 is 15.9 Å². The van der Waals surface area contributed by atoms with E-state index in [1.165, 1.54) is 6.07 Å². The summed E-state index contributed by atoms with van der Waals surface area (Å²) in [5, 5.41) is 6.72. The molecule has 0 spiro atoms. The molecule has 0 bridgehead atoms. The predicted molar refractivity (Wildman–Crippen MR) is 73.5 cm³/mol. The van der Waals surface area contributed by atoms with Crippen LogP contribution in [0.2, 0.25) is 0 Å². The molecule has 0 saturated heterocycles. The summed E-state index contributed by atoms with van der Waals surface area (Å²) in [4.78, 5) is 0. The van der Waals surface area contributed by atoms with Crippen molar-refractivity contribution in [2.45, 2.75) is 39.4 Å². The first-order valence-corrected chi connectivity index (χ1v) is 6.68. The number of halogens is 2. The zero-order valence-corrected chi connectivity index (χ0v) is 12.1. The molecule has 96 valence electrons. The summed E-state index contributed by atoms with van der Waals surface area (Å²) in [6.45, 7) is 7.95. The molecule has 0 heterocycles. The summed E-state index contributed by atoms with van der Waals surface area (Å²) in [6, 6.07) is 5.80. The lowest BCUT2D eigenvalue weighted by Crippen LogP contribution is -2.38. The molecule has 2 nitrogen and oxygen atoms in total. The van der Waals surface area contributed by atoms with Crippen LogP contribution in [0.1, 0.15) is 26.3 Å². The first-order valence-electron chi connectivity index (χ1n) is 5.89. The lowest BCUT2D eigenvalue weighted by molar-refractivity contribution is 0.473. The molecule has 0 aromatic heterocycles. The number of nitrogens with one attached hydrogen (secondary N) is 2. The van der Waals surface area contributed by atoms with Gasteiger partial charge in [0.2, 0.25) is 0 Å². The van der Waals surface area contributed by atoms with Crippen molar-refractivity contribution in [2.75, 3.05) is 6.54 Å². The standard InChI is InChI=1S/C13H20BrFN2/c1-9(2)16-7-10(3)17-8-11-4-12(14)6-13(15)5-11/h4-6,9-10,16-17H,7-8H2,1-3H3. The third-order valence-electron chi connectivity index (χ3n) is 2.41. The number of hydrogen-bond donors (Lipinski definition) is 2. The second-order valence-electron chi connectivity index (χ2n) is 4.62. The first-order chi connectivity index (χ1) is 7.97. The maximum absolute atomic E-state index is 13.1. The predicted octanol–water partition coefficient (Wildman–Crippen LogP) is 3.06. The van der Waals surface area contributed by atoms with Gasteiger partial charge in [0, 0.05) is 29.6 Å². The molecule has 2 N–H and O–H groups in total. The number of benzene rings is 1. The van der Waals surface area contributed by atoms with Gasteiger partial charge in [0.25, 0.3) is 0 Å². The van der Waals surface area contributed by atoms with Gasteiger partial charge >= 0.3 is 0 Å². The van der Waals surface area contributed by atoms with E-state index in [2.05, 4.69) is 47.3 Å². The Morgan fingerprint density at radius 1 is 1.18 bits per heavy atom. The third-order valence-corrected chi connectivity index (χ3v) is 2.87. The van der Waals surface area contributed by atoms with Crippen LogP contribution in [0.4, 0.5) is 4.39 Å². The maximum Gasteiger partial charge on any atom is 0.124 e. The summed E-state index contributed by atoms with van der Waals surface area (Å²) < 4.78 is 13.9. The summed E-state index contributed by atoms with van der Waals surface area (Å²) >= 11 is 3.29. The normalized spacial score (nSPS) is 13.1. The van der Waals surface area contributed by atoms with E-state index in [4.69, 9.17) is 0 Å². The SMILES string of the molecule is CC(C)NCC(C)NCc1cc(F)cc(Br)c1. The molecule has 17 heavy (non-hydrogen) atoms. The Bertz CT molecular complexity index is 335. The van der Waals surface area contributed by atoms with Crippen molar-refractivity contribution in [3.63, 3.8) is 0 Å². The quantitative estimate of drug-likeness (QED) is 0.844. The Labute approximate surface area is 111 Å². The Balaban J connectivity index is 2.39. The maximum atomic E-state index is 13.1. The van der Waals surface area contributed by atoms with E-state index in [0.29, 0.717) is 18.6 Å². The topological polar surface area (TPSA) is 24.1 Å². The molecular formula is C13H20BrFN2. The minimum Gasteiger partial charge on any atom is -0.313 e. The molecule has 1 rings (SSSR count). The summed E-state index contributed by atoms with van der Waals surface area (Å²) in [7, 11) is 0. The van der Waals surface area contributed by atoms with Crippen LogP contribution < -0.4 is 10.6 Å². The van der Waals surface area contributed by atoms with Crippen LogP contribution in [0, 0.1) is 5.82 Å². The van der Waals surface area contributed by atoms with E-state index in [0.717, 1.165) is 16.6 Å². The largest absolute Gasteiger partial charge is 0.313 e. The van der Waals surface area contributed by atoms with Crippen molar-refractivity contribution in [2.24, 2.45) is 0 Å². The van der Waals surface area contributed by atoms with E-state index in [9.17, 15) is 4.39 Å². The molecule has 0 aliphatic heterocycles. The van der Waals surface area contributed by atoms with Crippen LogP contribution in [0.5, 0.6) is 0 Å². The lowest BCUT2D eigenvalue weighted by Gasteiger charge is -2.16. The highest BCUT2D eigenvalue weighted by Crippen LogP contribution is 2.14. The molecule has 1 aromatic carbocycles. The average Bonchev–Trinajstić information content (AvgIpc) is 2.22. The molecule has 1 aromatic rings. The van der Waals surface area contributed by atoms with Crippen molar-refractivity contribution in [3.05, 3.63) is 34.1 Å². The molecule has 4 heteroatoms. The smallest absolute Gasteiger partial charge is 0.124 e. The van der Waals surface area contributed by atoms with Crippen LogP contribution in [0.25, 0.3) is 0 Å². The van der Waals surface area contributed by atoms with Gasteiger partial charge in [-0.2, -0.15) is 0 Å². The van der Waals surface area contributed by atoms with Crippen LogP contribution in [0.15, 0.2) is 22.7 Å². The van der Waals surface area contributed by atoms with Crippen LogP contribution in [-0.4, -0.2) is 18.6 Å². The molecule has 0 radical (unpaired) electrons. The van der Waals surface area contributed by atoms with Gasteiger partial charge < -0.3 is 10.6 Å². The second-order valence-corrected chi connectivity index (χ2v) is 5.54. The van der Waals surface area contributed by atoms with E-state index < -0.39 is 0 Å². The third kappa shape index (κ3) is 6.15. The van der Waals surface area contributed by atoms with Gasteiger partial charge in [0.15, 0.2) is 0 Å². The Morgan fingerprint density at radius 3 is 2.47 bits per heavy atom. The minimum atomic E-state index is -0.205. The summed E-state index contributed by atoms with van der Waals surface area (Å²) in [5.74, 6) is -0.205. The van der Waals surface area contributed by atoms with E-state index >= 15 is 0 Å². The molecule has 0 saturated carbocycles. The van der Waals surface area contributed by atoms with E-state index in [1.54, 1.807) is 6.07 Å². The minimum absolute atomic E-state index is 0.205. The van der Waals surface area contributed by atoms with E-state index in [-0.39, 0.29) is 5.82 Å². The fraction of sp³-hybridized carbons (Fsp3) is 0.538. The molecule has 1 unspecified atom stereocenters.